The summed E-state index contributed by atoms with van der Waals surface area (Å²) in [4.78, 5) is 6.78. The van der Waals surface area contributed by atoms with Gasteiger partial charge < -0.3 is 4.74 Å². The molecule has 0 saturated carbocycles. The Morgan fingerprint density at radius 3 is 2.95 bits per heavy atom. The summed E-state index contributed by atoms with van der Waals surface area (Å²) in [5, 5.41) is 7.10. The van der Waals surface area contributed by atoms with Crippen LogP contribution in [0.15, 0.2) is 35.9 Å². The van der Waals surface area contributed by atoms with Crippen LogP contribution in [0.2, 0.25) is 0 Å². The van der Waals surface area contributed by atoms with Gasteiger partial charge in [0.25, 0.3) is 0 Å². The summed E-state index contributed by atoms with van der Waals surface area (Å²) in [7, 11) is 0. The standard InChI is InChI=1S/C17H22N4O/c1-13(10-15-6-4-3-5-7-15)11-21-8-9-22-16(12-21)17-18-14(2)19-20-17/h3-7,10,16H,8-9,11-12H2,1-2H3,(H,18,19,20). The second kappa shape index (κ2) is 6.85. The highest BCUT2D eigenvalue weighted by Gasteiger charge is 2.24. The average Bonchev–Trinajstić information content (AvgIpc) is 2.95. The maximum absolute atomic E-state index is 5.80. The lowest BCUT2D eigenvalue weighted by molar-refractivity contribution is -0.0310. The van der Waals surface area contributed by atoms with Crippen molar-refractivity contribution in [2.24, 2.45) is 0 Å². The average molecular weight is 298 g/mol. The second-order valence-corrected chi connectivity index (χ2v) is 5.77. The van der Waals surface area contributed by atoms with Gasteiger partial charge in [-0.05, 0) is 19.4 Å². The zero-order chi connectivity index (χ0) is 15.4. The quantitative estimate of drug-likeness (QED) is 0.942. The molecule has 0 bridgehead atoms. The highest BCUT2D eigenvalue weighted by Crippen LogP contribution is 2.20. The number of aromatic amines is 1. The van der Waals surface area contributed by atoms with Crippen molar-refractivity contribution in [2.75, 3.05) is 26.2 Å². The van der Waals surface area contributed by atoms with Gasteiger partial charge in [0.05, 0.1) is 6.61 Å². The minimum atomic E-state index is -0.0387. The van der Waals surface area contributed by atoms with Crippen LogP contribution in [0.3, 0.4) is 0 Å². The fraction of sp³-hybridized carbons (Fsp3) is 0.412. The third kappa shape index (κ3) is 3.81. The summed E-state index contributed by atoms with van der Waals surface area (Å²) in [6.07, 6.45) is 2.20. The first-order chi connectivity index (χ1) is 10.7. The Labute approximate surface area is 131 Å². The van der Waals surface area contributed by atoms with Crippen LogP contribution in [0, 0.1) is 6.92 Å². The monoisotopic (exact) mass is 298 g/mol. The molecule has 2 aromatic rings. The molecule has 116 valence electrons. The van der Waals surface area contributed by atoms with E-state index < -0.39 is 0 Å². The summed E-state index contributed by atoms with van der Waals surface area (Å²) in [6, 6.07) is 10.4. The number of morpholine rings is 1. The molecule has 1 atom stereocenters. The molecule has 22 heavy (non-hydrogen) atoms. The predicted molar refractivity (Wildman–Crippen MR) is 86.3 cm³/mol. The van der Waals surface area contributed by atoms with E-state index in [9.17, 15) is 0 Å². The van der Waals surface area contributed by atoms with E-state index in [0.29, 0.717) is 0 Å². The van der Waals surface area contributed by atoms with E-state index in [0.717, 1.165) is 37.9 Å². The van der Waals surface area contributed by atoms with Crippen molar-refractivity contribution in [3.05, 3.63) is 53.1 Å². The number of hydrogen-bond donors (Lipinski definition) is 1. The van der Waals surface area contributed by atoms with E-state index in [4.69, 9.17) is 4.74 Å². The number of benzene rings is 1. The van der Waals surface area contributed by atoms with Crippen LogP contribution >= 0.6 is 0 Å². The topological polar surface area (TPSA) is 54.0 Å². The lowest BCUT2D eigenvalue weighted by atomic mass is 10.1. The maximum Gasteiger partial charge on any atom is 0.180 e. The van der Waals surface area contributed by atoms with Crippen LogP contribution in [0.25, 0.3) is 6.08 Å². The molecule has 1 aromatic heterocycles. The Bertz CT molecular complexity index is 635. The lowest BCUT2D eigenvalue weighted by Crippen LogP contribution is -2.39. The van der Waals surface area contributed by atoms with Gasteiger partial charge in [-0.25, -0.2) is 4.98 Å². The number of ether oxygens (including phenoxy) is 1. The van der Waals surface area contributed by atoms with Gasteiger partial charge in [0.1, 0.15) is 11.9 Å². The van der Waals surface area contributed by atoms with Crippen LogP contribution in [-0.4, -0.2) is 46.3 Å². The molecule has 3 rings (SSSR count). The molecule has 0 amide bonds. The van der Waals surface area contributed by atoms with Gasteiger partial charge in [-0.1, -0.05) is 42.0 Å². The van der Waals surface area contributed by atoms with Crippen molar-refractivity contribution in [1.29, 1.82) is 0 Å². The van der Waals surface area contributed by atoms with Crippen molar-refractivity contribution in [3.63, 3.8) is 0 Å². The molecule has 0 radical (unpaired) electrons. The lowest BCUT2D eigenvalue weighted by Gasteiger charge is -2.31. The van der Waals surface area contributed by atoms with Crippen molar-refractivity contribution in [2.45, 2.75) is 20.0 Å². The highest BCUT2D eigenvalue weighted by molar-refractivity contribution is 5.52. The van der Waals surface area contributed by atoms with E-state index in [-0.39, 0.29) is 6.10 Å². The molecule has 5 nitrogen and oxygen atoms in total. The first-order valence-electron chi connectivity index (χ1n) is 7.66. The van der Waals surface area contributed by atoms with Crippen molar-refractivity contribution < 1.29 is 4.74 Å². The predicted octanol–water partition coefficient (Wildman–Crippen LogP) is 2.59. The fourth-order valence-corrected chi connectivity index (χ4v) is 2.74. The molecule has 0 aliphatic carbocycles. The fourth-order valence-electron chi connectivity index (χ4n) is 2.74. The Balaban J connectivity index is 1.61. The molecule has 1 saturated heterocycles. The first kappa shape index (κ1) is 14.9. The number of aromatic nitrogens is 3. The maximum atomic E-state index is 5.80. The minimum absolute atomic E-state index is 0.0387. The van der Waals surface area contributed by atoms with Gasteiger partial charge in [-0.15, -0.1) is 0 Å². The molecule has 5 heteroatoms. The van der Waals surface area contributed by atoms with E-state index in [1.165, 1.54) is 11.1 Å². The summed E-state index contributed by atoms with van der Waals surface area (Å²) < 4.78 is 5.80. The van der Waals surface area contributed by atoms with Crippen LogP contribution < -0.4 is 0 Å². The van der Waals surface area contributed by atoms with Gasteiger partial charge in [0.15, 0.2) is 5.82 Å². The van der Waals surface area contributed by atoms with Gasteiger partial charge >= 0.3 is 0 Å². The SMILES string of the molecule is CC(=Cc1ccccc1)CN1CCOC(c2n[nH]c(C)n2)C1. The third-order valence-corrected chi connectivity index (χ3v) is 3.74. The Hall–Kier alpha value is -1.98. The molecule has 0 spiro atoms. The van der Waals surface area contributed by atoms with Gasteiger partial charge in [-0.3, -0.25) is 10.00 Å². The van der Waals surface area contributed by atoms with Gasteiger partial charge in [0, 0.05) is 19.6 Å². The first-order valence-corrected chi connectivity index (χ1v) is 7.66. The highest BCUT2D eigenvalue weighted by atomic mass is 16.5. The number of rotatable bonds is 4. The summed E-state index contributed by atoms with van der Waals surface area (Å²) in [5.74, 6) is 1.59. The third-order valence-electron chi connectivity index (χ3n) is 3.74. The molecule has 1 aliphatic rings. The molecule has 1 unspecified atom stereocenters. The van der Waals surface area contributed by atoms with E-state index >= 15 is 0 Å². The second-order valence-electron chi connectivity index (χ2n) is 5.77. The number of hydrogen-bond acceptors (Lipinski definition) is 4. The number of nitrogens with zero attached hydrogens (tertiary/aromatic N) is 3. The largest absolute Gasteiger partial charge is 0.367 e. The van der Waals surface area contributed by atoms with Gasteiger partial charge in [-0.2, -0.15) is 5.10 Å². The summed E-state index contributed by atoms with van der Waals surface area (Å²) in [6.45, 7) is 7.52. The zero-order valence-corrected chi connectivity index (χ0v) is 13.1. The zero-order valence-electron chi connectivity index (χ0n) is 13.1. The van der Waals surface area contributed by atoms with E-state index in [1.807, 2.05) is 13.0 Å². The molecule has 1 fully saturated rings. The summed E-state index contributed by atoms with van der Waals surface area (Å²) in [5.41, 5.74) is 2.59. The van der Waals surface area contributed by atoms with Gasteiger partial charge in [0.2, 0.25) is 0 Å². The van der Waals surface area contributed by atoms with E-state index in [1.54, 1.807) is 0 Å². The number of nitrogens with one attached hydrogen (secondary N) is 1. The van der Waals surface area contributed by atoms with Crippen LogP contribution in [0.5, 0.6) is 0 Å². The molecule has 2 heterocycles. The van der Waals surface area contributed by atoms with Crippen molar-refractivity contribution >= 4 is 6.08 Å². The minimum Gasteiger partial charge on any atom is -0.367 e. The number of aryl methyl sites for hydroxylation is 1. The van der Waals surface area contributed by atoms with E-state index in [2.05, 4.69) is 57.3 Å². The Morgan fingerprint density at radius 2 is 2.23 bits per heavy atom. The molecule has 1 aliphatic heterocycles. The Morgan fingerprint density at radius 1 is 1.41 bits per heavy atom. The molecule has 1 aromatic carbocycles. The smallest absolute Gasteiger partial charge is 0.180 e. The molecular weight excluding hydrogens is 276 g/mol. The summed E-state index contributed by atoms with van der Waals surface area (Å²) >= 11 is 0. The van der Waals surface area contributed by atoms with Crippen molar-refractivity contribution in [3.8, 4) is 0 Å². The van der Waals surface area contributed by atoms with Crippen LogP contribution in [0.4, 0.5) is 0 Å². The van der Waals surface area contributed by atoms with Crippen molar-refractivity contribution in [1.82, 2.24) is 20.1 Å². The molecule has 1 N–H and O–H groups in total. The number of H-pyrrole nitrogens is 1. The normalized spacial score (nSPS) is 20.3. The van der Waals surface area contributed by atoms with Crippen LogP contribution in [-0.2, 0) is 4.74 Å². The Kier molecular flexibility index (Phi) is 4.65. The molecular formula is C17H22N4O. The van der Waals surface area contributed by atoms with Crippen LogP contribution in [0.1, 0.15) is 30.2 Å².